The van der Waals surface area contributed by atoms with Gasteiger partial charge in [0.1, 0.15) is 5.92 Å². The lowest BCUT2D eigenvalue weighted by Crippen LogP contribution is -2.38. The standard InChI is InChI=1S/C13H15NO2/c1-8(2)14-13(16)11-7-9-5-3-4-6-10(9)12(11)15/h3-6,8,11H,7H2,1-2H3,(H,14,16). The van der Waals surface area contributed by atoms with Gasteiger partial charge >= 0.3 is 0 Å². The van der Waals surface area contributed by atoms with E-state index in [0.717, 1.165) is 5.56 Å². The van der Waals surface area contributed by atoms with Gasteiger partial charge in [0.25, 0.3) is 0 Å². The van der Waals surface area contributed by atoms with E-state index in [0.29, 0.717) is 12.0 Å². The van der Waals surface area contributed by atoms with Crippen molar-refractivity contribution >= 4 is 11.7 Å². The van der Waals surface area contributed by atoms with Crippen molar-refractivity contribution in [1.29, 1.82) is 0 Å². The van der Waals surface area contributed by atoms with Crippen molar-refractivity contribution in [2.45, 2.75) is 26.3 Å². The average Bonchev–Trinajstić information content (AvgIpc) is 2.56. The molecule has 1 amide bonds. The van der Waals surface area contributed by atoms with Crippen molar-refractivity contribution in [3.63, 3.8) is 0 Å². The van der Waals surface area contributed by atoms with E-state index in [2.05, 4.69) is 5.32 Å². The summed E-state index contributed by atoms with van der Waals surface area (Å²) in [4.78, 5) is 23.8. The lowest BCUT2D eigenvalue weighted by atomic mass is 10.0. The third kappa shape index (κ3) is 1.85. The molecule has 1 aromatic carbocycles. The van der Waals surface area contributed by atoms with Gasteiger partial charge in [-0.2, -0.15) is 0 Å². The maximum Gasteiger partial charge on any atom is 0.231 e. The highest BCUT2D eigenvalue weighted by Gasteiger charge is 2.35. The van der Waals surface area contributed by atoms with E-state index in [4.69, 9.17) is 0 Å². The largest absolute Gasteiger partial charge is 0.353 e. The molecule has 0 saturated heterocycles. The first-order valence-electron chi connectivity index (χ1n) is 5.52. The molecule has 1 unspecified atom stereocenters. The van der Waals surface area contributed by atoms with E-state index in [1.165, 1.54) is 0 Å². The van der Waals surface area contributed by atoms with Gasteiger partial charge in [-0.05, 0) is 25.8 Å². The van der Waals surface area contributed by atoms with Crippen LogP contribution in [0, 0.1) is 5.92 Å². The first-order chi connectivity index (χ1) is 7.59. The predicted octanol–water partition coefficient (Wildman–Crippen LogP) is 1.57. The van der Waals surface area contributed by atoms with Gasteiger partial charge < -0.3 is 5.32 Å². The number of ketones is 1. The summed E-state index contributed by atoms with van der Waals surface area (Å²) in [7, 11) is 0. The molecular weight excluding hydrogens is 202 g/mol. The van der Waals surface area contributed by atoms with Crippen LogP contribution in [-0.2, 0) is 11.2 Å². The number of Topliss-reactive ketones (excluding diaryl/α,β-unsaturated/α-hetero) is 1. The van der Waals surface area contributed by atoms with Crippen LogP contribution in [0.4, 0.5) is 0 Å². The maximum atomic E-state index is 12.0. The quantitative estimate of drug-likeness (QED) is 0.764. The summed E-state index contributed by atoms with van der Waals surface area (Å²) in [5, 5.41) is 2.79. The molecule has 0 radical (unpaired) electrons. The van der Waals surface area contributed by atoms with Crippen LogP contribution in [0.5, 0.6) is 0 Å². The van der Waals surface area contributed by atoms with Crippen LogP contribution in [0.15, 0.2) is 24.3 Å². The first kappa shape index (κ1) is 10.9. The van der Waals surface area contributed by atoms with Crippen molar-refractivity contribution < 1.29 is 9.59 Å². The van der Waals surface area contributed by atoms with Crippen LogP contribution < -0.4 is 5.32 Å². The summed E-state index contributed by atoms with van der Waals surface area (Å²) >= 11 is 0. The third-order valence-corrected chi connectivity index (χ3v) is 2.77. The molecule has 1 aliphatic rings. The number of hydrogen-bond donors (Lipinski definition) is 1. The van der Waals surface area contributed by atoms with E-state index in [-0.39, 0.29) is 17.7 Å². The fraction of sp³-hybridized carbons (Fsp3) is 0.385. The molecule has 1 aromatic rings. The number of carbonyl (C=O) groups is 2. The molecular formula is C13H15NO2. The minimum atomic E-state index is -0.528. The van der Waals surface area contributed by atoms with Crippen molar-refractivity contribution in [1.82, 2.24) is 5.32 Å². The van der Waals surface area contributed by atoms with Crippen molar-refractivity contribution in [3.05, 3.63) is 35.4 Å². The van der Waals surface area contributed by atoms with E-state index in [1.54, 1.807) is 6.07 Å². The van der Waals surface area contributed by atoms with Gasteiger partial charge in [-0.15, -0.1) is 0 Å². The maximum absolute atomic E-state index is 12.0. The van der Waals surface area contributed by atoms with Crippen LogP contribution in [0.3, 0.4) is 0 Å². The van der Waals surface area contributed by atoms with Gasteiger partial charge in [0.2, 0.25) is 5.91 Å². The molecule has 0 aromatic heterocycles. The number of hydrogen-bond acceptors (Lipinski definition) is 2. The minimum absolute atomic E-state index is 0.0475. The van der Waals surface area contributed by atoms with Gasteiger partial charge in [-0.3, -0.25) is 9.59 Å². The summed E-state index contributed by atoms with van der Waals surface area (Å²) in [6.45, 7) is 3.79. The molecule has 3 heteroatoms. The molecule has 0 heterocycles. The van der Waals surface area contributed by atoms with Crippen molar-refractivity contribution in [2.75, 3.05) is 0 Å². The van der Waals surface area contributed by atoms with Crippen LogP contribution in [0.2, 0.25) is 0 Å². The lowest BCUT2D eigenvalue weighted by molar-refractivity contribution is -0.123. The number of amides is 1. The number of nitrogens with one attached hydrogen (secondary N) is 1. The highest BCUT2D eigenvalue weighted by Crippen LogP contribution is 2.26. The van der Waals surface area contributed by atoms with Crippen LogP contribution in [0.1, 0.15) is 29.8 Å². The van der Waals surface area contributed by atoms with E-state index in [1.807, 2.05) is 32.0 Å². The normalized spacial score (nSPS) is 18.7. The molecule has 3 nitrogen and oxygen atoms in total. The number of benzene rings is 1. The van der Waals surface area contributed by atoms with Gasteiger partial charge in [-0.25, -0.2) is 0 Å². The Morgan fingerprint density at radius 2 is 2.06 bits per heavy atom. The summed E-state index contributed by atoms with van der Waals surface area (Å²) < 4.78 is 0. The molecule has 0 spiro atoms. The van der Waals surface area contributed by atoms with Crippen LogP contribution >= 0.6 is 0 Å². The first-order valence-corrected chi connectivity index (χ1v) is 5.52. The molecule has 0 fully saturated rings. The Morgan fingerprint density at radius 1 is 1.38 bits per heavy atom. The second kappa shape index (κ2) is 4.08. The fourth-order valence-electron chi connectivity index (χ4n) is 2.04. The molecule has 1 N–H and O–H groups in total. The Labute approximate surface area is 94.9 Å². The topological polar surface area (TPSA) is 46.2 Å². The number of carbonyl (C=O) groups excluding carboxylic acids is 2. The molecule has 16 heavy (non-hydrogen) atoms. The van der Waals surface area contributed by atoms with Gasteiger partial charge in [0.15, 0.2) is 5.78 Å². The predicted molar refractivity (Wildman–Crippen MR) is 61.2 cm³/mol. The van der Waals surface area contributed by atoms with E-state index >= 15 is 0 Å². The van der Waals surface area contributed by atoms with Gasteiger partial charge in [0, 0.05) is 11.6 Å². The zero-order chi connectivity index (χ0) is 11.7. The molecule has 0 saturated carbocycles. The third-order valence-electron chi connectivity index (χ3n) is 2.77. The molecule has 2 rings (SSSR count). The summed E-state index contributed by atoms with van der Waals surface area (Å²) in [5.41, 5.74) is 1.68. The Balaban J connectivity index is 2.19. The Hall–Kier alpha value is -1.64. The molecule has 84 valence electrons. The smallest absolute Gasteiger partial charge is 0.231 e. The molecule has 1 atom stereocenters. The van der Waals surface area contributed by atoms with E-state index in [9.17, 15) is 9.59 Å². The SMILES string of the molecule is CC(C)NC(=O)C1Cc2ccccc2C1=O. The molecule has 0 aliphatic heterocycles. The fourth-order valence-corrected chi connectivity index (χ4v) is 2.04. The minimum Gasteiger partial charge on any atom is -0.353 e. The zero-order valence-corrected chi connectivity index (χ0v) is 9.49. The van der Waals surface area contributed by atoms with Crippen LogP contribution in [-0.4, -0.2) is 17.7 Å². The monoisotopic (exact) mass is 217 g/mol. The van der Waals surface area contributed by atoms with E-state index < -0.39 is 5.92 Å². The average molecular weight is 217 g/mol. The highest BCUT2D eigenvalue weighted by molar-refractivity contribution is 6.13. The number of fused-ring (bicyclic) bond motifs is 1. The summed E-state index contributed by atoms with van der Waals surface area (Å²) in [6, 6.07) is 7.51. The Kier molecular flexibility index (Phi) is 2.77. The van der Waals surface area contributed by atoms with Crippen molar-refractivity contribution in [3.8, 4) is 0 Å². The second-order valence-corrected chi connectivity index (χ2v) is 4.44. The van der Waals surface area contributed by atoms with Crippen molar-refractivity contribution in [2.24, 2.45) is 5.92 Å². The summed E-state index contributed by atoms with van der Waals surface area (Å²) in [6.07, 6.45) is 0.535. The summed E-state index contributed by atoms with van der Waals surface area (Å²) in [5.74, 6) is -0.732. The Bertz CT molecular complexity index is 437. The molecule has 1 aliphatic carbocycles. The lowest BCUT2D eigenvalue weighted by Gasteiger charge is -2.11. The Morgan fingerprint density at radius 3 is 2.69 bits per heavy atom. The number of rotatable bonds is 2. The van der Waals surface area contributed by atoms with Gasteiger partial charge in [0.05, 0.1) is 0 Å². The second-order valence-electron chi connectivity index (χ2n) is 4.44. The zero-order valence-electron chi connectivity index (χ0n) is 9.49. The van der Waals surface area contributed by atoms with Gasteiger partial charge in [-0.1, -0.05) is 24.3 Å². The van der Waals surface area contributed by atoms with Crippen LogP contribution in [0.25, 0.3) is 0 Å². The highest BCUT2D eigenvalue weighted by atomic mass is 16.2. The molecule has 0 bridgehead atoms.